The van der Waals surface area contributed by atoms with Gasteiger partial charge < -0.3 is 10.6 Å². The van der Waals surface area contributed by atoms with E-state index in [9.17, 15) is 77.5 Å². The van der Waals surface area contributed by atoms with E-state index in [0.29, 0.717) is 24.3 Å². The Morgan fingerprint density at radius 3 is 1.81 bits per heavy atom. The number of anilines is 3. The van der Waals surface area contributed by atoms with E-state index in [-0.39, 0.29) is 16.5 Å². The highest BCUT2D eigenvalue weighted by atomic mass is 32.3. The summed E-state index contributed by atoms with van der Waals surface area (Å²) in [5.74, 6) is -4.12. The fraction of sp³-hybridized carbons (Fsp3) is 0.103. The van der Waals surface area contributed by atoms with Gasteiger partial charge in [-0.3, -0.25) is 22.8 Å². The summed E-state index contributed by atoms with van der Waals surface area (Å²) in [5, 5.41) is 19.1. The maximum Gasteiger partial charge on any atom is 0.397 e. The molecule has 7 N–H and O–H groups in total. The summed E-state index contributed by atoms with van der Waals surface area (Å²) >= 11 is 0. The highest BCUT2D eigenvalue weighted by Crippen LogP contribution is 2.41. The van der Waals surface area contributed by atoms with Gasteiger partial charge in [-0.2, -0.15) is 60.8 Å². The van der Waals surface area contributed by atoms with Crippen molar-refractivity contribution in [3.05, 3.63) is 78.8 Å². The molecular weight excluding hydrogens is 979 g/mol. The molecule has 34 heteroatoms. The molecule has 0 atom stereocenters. The van der Waals surface area contributed by atoms with Gasteiger partial charge in [0.15, 0.2) is 9.84 Å². The van der Waals surface area contributed by atoms with Crippen molar-refractivity contribution in [2.45, 2.75) is 19.6 Å². The van der Waals surface area contributed by atoms with Crippen LogP contribution < -0.4 is 10.6 Å². The minimum Gasteiger partial charge on any atom is -0.368 e. The van der Waals surface area contributed by atoms with E-state index in [1.165, 1.54) is 0 Å². The molecule has 63 heavy (non-hydrogen) atoms. The maximum absolute atomic E-state index is 13.6. The van der Waals surface area contributed by atoms with Crippen LogP contribution in [0.1, 0.15) is 0 Å². The Bertz CT molecular complexity index is 3410. The minimum atomic E-state index is -5.39. The zero-order valence-electron chi connectivity index (χ0n) is 30.4. The molecule has 0 bridgehead atoms. The van der Waals surface area contributed by atoms with Crippen LogP contribution in [0.25, 0.3) is 10.8 Å². The normalized spacial score (nSPS) is 13.3. The van der Waals surface area contributed by atoms with Gasteiger partial charge in [0.25, 0.3) is 40.5 Å². The Morgan fingerprint density at radius 2 is 1.22 bits per heavy atom. The minimum absolute atomic E-state index is 0.121. The molecule has 0 saturated carbocycles. The third kappa shape index (κ3) is 13.0. The smallest absolute Gasteiger partial charge is 0.368 e. The fourth-order valence-electron chi connectivity index (χ4n) is 5.08. The van der Waals surface area contributed by atoms with Crippen LogP contribution in [-0.2, 0) is 64.9 Å². The van der Waals surface area contributed by atoms with Crippen molar-refractivity contribution in [2.24, 2.45) is 20.5 Å². The lowest BCUT2D eigenvalue weighted by atomic mass is 10.1. The number of hydrogen-bond donors (Lipinski definition) is 7. The van der Waals surface area contributed by atoms with Crippen molar-refractivity contribution in [3.8, 4) is 0 Å². The molecule has 1 aromatic heterocycles. The Balaban J connectivity index is 1.67. The number of hydrogen-bond acceptors (Lipinski definition) is 21. The summed E-state index contributed by atoms with van der Waals surface area (Å²) in [4.78, 5) is 2.02. The van der Waals surface area contributed by atoms with Crippen LogP contribution >= 0.6 is 0 Å². The molecule has 26 nitrogen and oxygen atoms in total. The van der Waals surface area contributed by atoms with Crippen molar-refractivity contribution in [3.63, 3.8) is 0 Å². The highest BCUT2D eigenvalue weighted by Gasteiger charge is 2.25. The molecule has 4 aromatic carbocycles. The largest absolute Gasteiger partial charge is 0.397 e. The van der Waals surface area contributed by atoms with Gasteiger partial charge in [0, 0.05) is 17.1 Å². The monoisotopic (exact) mass is 1000 g/mol. The van der Waals surface area contributed by atoms with E-state index in [1.54, 1.807) is 0 Å². The summed E-state index contributed by atoms with van der Waals surface area (Å²) in [6.45, 7) is -1.12. The van der Waals surface area contributed by atoms with Crippen LogP contribution in [0.2, 0.25) is 0 Å². The Labute approximate surface area is 353 Å². The third-order valence-electron chi connectivity index (χ3n) is 7.65. The molecule has 1 heterocycles. The summed E-state index contributed by atoms with van der Waals surface area (Å²) in [5.41, 5.74) is -3.44. The summed E-state index contributed by atoms with van der Waals surface area (Å²) in [6, 6.07) is 8.86. The van der Waals surface area contributed by atoms with Gasteiger partial charge in [-0.25, -0.2) is 12.6 Å². The molecule has 5 aromatic rings. The van der Waals surface area contributed by atoms with Crippen LogP contribution in [0.5, 0.6) is 0 Å². The standard InChI is InChI=1S/C29H24F2N8O18S6/c30-26-13-27(35-29(31)34-26)33-16-2-6-23(60(45,46)47)22(10-16)38-37-21-9-15-1-4-20(32-14-59(42,43)44)28(18(15)12-25(21)62(51,52)53)39-36-19-5-3-17(11-24(19)61(48,49)50)58(40,41)8-7-57-63(54,55)56/h1-6,9-13,32H,7-8,14H2,(H,33,34,35)(H,42,43,44)(H,45,46,47)(H,48,49,50)(H,51,52,53)(H,54,55,56)/b38-37+,39-36+. The molecule has 0 aliphatic heterocycles. The van der Waals surface area contributed by atoms with Gasteiger partial charge in [-0.05, 0) is 60.0 Å². The lowest BCUT2D eigenvalue weighted by molar-refractivity contribution is 0.284. The summed E-state index contributed by atoms with van der Waals surface area (Å²) < 4.78 is 224. The molecule has 0 fully saturated rings. The summed E-state index contributed by atoms with van der Waals surface area (Å²) in [6.07, 6.45) is -1.48. The van der Waals surface area contributed by atoms with E-state index in [2.05, 4.69) is 45.2 Å². The molecule has 0 saturated heterocycles. The van der Waals surface area contributed by atoms with E-state index >= 15 is 0 Å². The second kappa shape index (κ2) is 17.8. The molecule has 0 aliphatic carbocycles. The zero-order chi connectivity index (χ0) is 46.9. The highest BCUT2D eigenvalue weighted by molar-refractivity contribution is 7.91. The van der Waals surface area contributed by atoms with Crippen LogP contribution in [0.3, 0.4) is 0 Å². The Kier molecular flexibility index (Phi) is 13.7. The first-order chi connectivity index (χ1) is 28.9. The van der Waals surface area contributed by atoms with Gasteiger partial charge in [-0.15, -0.1) is 20.5 Å². The molecular formula is C29H24F2N8O18S6. The van der Waals surface area contributed by atoms with E-state index in [4.69, 9.17) is 4.55 Å². The molecule has 0 unspecified atom stereocenters. The van der Waals surface area contributed by atoms with E-state index < -0.39 is 145 Å². The molecule has 0 aliphatic rings. The number of fused-ring (bicyclic) bond motifs is 1. The number of rotatable bonds is 17. The predicted molar refractivity (Wildman–Crippen MR) is 209 cm³/mol. The number of azo groups is 2. The van der Waals surface area contributed by atoms with Crippen LogP contribution in [0.15, 0.2) is 107 Å². The maximum atomic E-state index is 13.6. The van der Waals surface area contributed by atoms with Gasteiger partial charge in [0.1, 0.15) is 49.1 Å². The number of nitrogens with zero attached hydrogens (tertiary/aromatic N) is 6. The van der Waals surface area contributed by atoms with E-state index in [0.717, 1.165) is 42.5 Å². The lowest BCUT2D eigenvalue weighted by Crippen LogP contribution is -2.16. The number of nitrogens with one attached hydrogen (secondary N) is 2. The van der Waals surface area contributed by atoms with Gasteiger partial charge >= 0.3 is 16.5 Å². The number of sulfone groups is 1. The zero-order valence-corrected chi connectivity index (χ0v) is 35.3. The van der Waals surface area contributed by atoms with Crippen molar-refractivity contribution < 1.29 is 86.2 Å². The van der Waals surface area contributed by atoms with Gasteiger partial charge in [0.2, 0.25) is 5.95 Å². The number of benzene rings is 4. The SMILES string of the molecule is O=S(=O)(O)CNc1ccc2cc(/N=N/c3cc(Nc4cc(F)nc(F)n4)ccc3S(=O)(=O)O)c(S(=O)(=O)O)cc2c1/N=N/c1ccc(S(=O)(=O)CCOS(=O)(=O)O)cc1S(=O)(=O)O. The first-order valence-corrected chi connectivity index (χ1v) is 25.0. The first kappa shape index (κ1) is 48.4. The van der Waals surface area contributed by atoms with Crippen LogP contribution in [0, 0.1) is 12.0 Å². The van der Waals surface area contributed by atoms with Crippen LogP contribution in [0.4, 0.5) is 48.7 Å². The van der Waals surface area contributed by atoms with Gasteiger partial charge in [0.05, 0.1) is 22.9 Å². The Morgan fingerprint density at radius 1 is 0.619 bits per heavy atom. The van der Waals surface area contributed by atoms with Crippen LogP contribution in [-0.4, -0.2) is 101 Å². The topological polar surface area (TPSA) is 414 Å². The Hall–Kier alpha value is -5.66. The number of halogens is 2. The second-order valence-corrected chi connectivity index (χ2v) is 20.9. The second-order valence-electron chi connectivity index (χ2n) is 12.1. The van der Waals surface area contributed by atoms with Crippen molar-refractivity contribution >= 4 is 111 Å². The average Bonchev–Trinajstić information content (AvgIpc) is 3.12. The predicted octanol–water partition coefficient (Wildman–Crippen LogP) is 4.07. The van der Waals surface area contributed by atoms with Gasteiger partial charge in [-0.1, -0.05) is 6.07 Å². The molecule has 0 spiro atoms. The first-order valence-electron chi connectivity index (χ1n) is 16.1. The van der Waals surface area contributed by atoms with Crippen molar-refractivity contribution in [2.75, 3.05) is 28.9 Å². The lowest BCUT2D eigenvalue weighted by Gasteiger charge is -2.13. The van der Waals surface area contributed by atoms with Crippen molar-refractivity contribution in [1.29, 1.82) is 0 Å². The van der Waals surface area contributed by atoms with Crippen molar-refractivity contribution in [1.82, 2.24) is 9.97 Å². The molecule has 338 valence electrons. The molecule has 0 amide bonds. The average molecular weight is 1000 g/mol. The summed E-state index contributed by atoms with van der Waals surface area (Å²) in [7, 11) is -30.3. The fourth-order valence-corrected chi connectivity index (χ4v) is 8.88. The molecule has 0 radical (unpaired) electrons. The van der Waals surface area contributed by atoms with E-state index in [1.807, 2.05) is 0 Å². The molecule has 5 rings (SSSR count). The number of aromatic nitrogens is 2. The third-order valence-corrected chi connectivity index (χ3v) is 13.0. The quantitative estimate of drug-likeness (QED) is 0.0299.